The van der Waals surface area contributed by atoms with Crippen LogP contribution >= 0.6 is 11.8 Å². The van der Waals surface area contributed by atoms with Crippen molar-refractivity contribution in [2.75, 3.05) is 5.75 Å². The van der Waals surface area contributed by atoms with Crippen molar-refractivity contribution in [1.82, 2.24) is 25.1 Å². The van der Waals surface area contributed by atoms with Crippen molar-refractivity contribution in [3.63, 3.8) is 0 Å². The van der Waals surface area contributed by atoms with Gasteiger partial charge in [-0.05, 0) is 26.0 Å². The molecule has 3 heterocycles. The summed E-state index contributed by atoms with van der Waals surface area (Å²) in [6.45, 7) is 3.94. The number of carbonyl (C=O) groups excluding carboxylic acids is 1. The van der Waals surface area contributed by atoms with Gasteiger partial charge < -0.3 is 9.73 Å². The average Bonchev–Trinajstić information content (AvgIpc) is 3.21. The van der Waals surface area contributed by atoms with E-state index in [2.05, 4.69) is 20.4 Å². The van der Waals surface area contributed by atoms with Gasteiger partial charge >= 0.3 is 0 Å². The van der Waals surface area contributed by atoms with E-state index in [0.717, 1.165) is 27.7 Å². The SMILES string of the molecule is Cc1c(C(C)NC(=O)CSc2ncnc3c2oc2ccccc23)cnn1C. The number of aromatic nitrogens is 4. The lowest BCUT2D eigenvalue weighted by Crippen LogP contribution is -2.28. The predicted molar refractivity (Wildman–Crippen MR) is 105 cm³/mol. The molecule has 0 aliphatic rings. The van der Waals surface area contributed by atoms with Crippen LogP contribution in [0.5, 0.6) is 0 Å². The zero-order chi connectivity index (χ0) is 19.0. The molecule has 138 valence electrons. The highest BCUT2D eigenvalue weighted by molar-refractivity contribution is 8.00. The Hall–Kier alpha value is -2.87. The van der Waals surface area contributed by atoms with Crippen LogP contribution in [0.3, 0.4) is 0 Å². The molecule has 3 aromatic heterocycles. The molecule has 0 aliphatic carbocycles. The molecule has 0 aliphatic heterocycles. The van der Waals surface area contributed by atoms with Crippen LogP contribution < -0.4 is 5.32 Å². The number of furan rings is 1. The largest absolute Gasteiger partial charge is 0.451 e. The number of thioether (sulfide) groups is 1. The molecule has 7 nitrogen and oxygen atoms in total. The molecule has 4 rings (SSSR count). The van der Waals surface area contributed by atoms with E-state index in [1.54, 1.807) is 10.9 Å². The van der Waals surface area contributed by atoms with E-state index < -0.39 is 0 Å². The Balaban J connectivity index is 1.48. The van der Waals surface area contributed by atoms with E-state index >= 15 is 0 Å². The minimum Gasteiger partial charge on any atom is -0.451 e. The van der Waals surface area contributed by atoms with Gasteiger partial charge in [0.15, 0.2) is 5.58 Å². The zero-order valence-corrected chi connectivity index (χ0v) is 16.1. The lowest BCUT2D eigenvalue weighted by atomic mass is 10.1. The molecule has 8 heteroatoms. The van der Waals surface area contributed by atoms with Crippen LogP contribution in [-0.2, 0) is 11.8 Å². The molecule has 27 heavy (non-hydrogen) atoms. The van der Waals surface area contributed by atoms with Gasteiger partial charge in [0.25, 0.3) is 0 Å². The fourth-order valence-electron chi connectivity index (χ4n) is 3.04. The number of fused-ring (bicyclic) bond motifs is 3. The average molecular weight is 381 g/mol. The van der Waals surface area contributed by atoms with Gasteiger partial charge in [0.1, 0.15) is 22.5 Å². The van der Waals surface area contributed by atoms with Gasteiger partial charge in [-0.15, -0.1) is 0 Å². The molecule has 1 N–H and O–H groups in total. The maximum atomic E-state index is 12.4. The number of aryl methyl sites for hydroxylation is 1. The van der Waals surface area contributed by atoms with Crippen LogP contribution in [0.2, 0.25) is 0 Å². The summed E-state index contributed by atoms with van der Waals surface area (Å²) in [5.74, 6) is 0.172. The van der Waals surface area contributed by atoms with Gasteiger partial charge in [-0.25, -0.2) is 9.97 Å². The Labute approximate surface area is 160 Å². The quantitative estimate of drug-likeness (QED) is 0.421. The summed E-state index contributed by atoms with van der Waals surface area (Å²) in [6, 6.07) is 7.62. The van der Waals surface area contributed by atoms with Crippen LogP contribution in [0.1, 0.15) is 24.2 Å². The summed E-state index contributed by atoms with van der Waals surface area (Å²) >= 11 is 1.34. The Kier molecular flexibility index (Phi) is 4.57. The number of para-hydroxylation sites is 1. The number of amides is 1. The molecule has 4 aromatic rings. The number of nitrogens with zero attached hydrogens (tertiary/aromatic N) is 4. The van der Waals surface area contributed by atoms with Crippen molar-refractivity contribution in [2.45, 2.75) is 24.9 Å². The molecule has 1 aromatic carbocycles. The molecular formula is C19H19N5O2S. The smallest absolute Gasteiger partial charge is 0.230 e. The number of rotatable bonds is 5. The number of hydrogen-bond donors (Lipinski definition) is 1. The van der Waals surface area contributed by atoms with Gasteiger partial charge in [0.05, 0.1) is 18.0 Å². The van der Waals surface area contributed by atoms with Crippen molar-refractivity contribution in [3.05, 3.63) is 48.0 Å². The van der Waals surface area contributed by atoms with Crippen molar-refractivity contribution in [1.29, 1.82) is 0 Å². The summed E-state index contributed by atoms with van der Waals surface area (Å²) in [5.41, 5.74) is 4.20. The molecule has 0 bridgehead atoms. The molecular weight excluding hydrogens is 362 g/mol. The van der Waals surface area contributed by atoms with E-state index in [4.69, 9.17) is 4.42 Å². The van der Waals surface area contributed by atoms with Crippen LogP contribution in [-0.4, -0.2) is 31.4 Å². The Morgan fingerprint density at radius 1 is 1.33 bits per heavy atom. The first-order valence-electron chi connectivity index (χ1n) is 8.57. The first-order chi connectivity index (χ1) is 13.0. The first kappa shape index (κ1) is 17.5. The van der Waals surface area contributed by atoms with Gasteiger partial charge in [0, 0.05) is 23.7 Å². The van der Waals surface area contributed by atoms with Crippen LogP contribution in [0.25, 0.3) is 22.1 Å². The normalized spacial score (nSPS) is 12.6. The van der Waals surface area contributed by atoms with Crippen molar-refractivity contribution in [3.8, 4) is 0 Å². The highest BCUT2D eigenvalue weighted by Gasteiger charge is 2.17. The van der Waals surface area contributed by atoms with Crippen LogP contribution in [0, 0.1) is 6.92 Å². The van der Waals surface area contributed by atoms with E-state index in [1.807, 2.05) is 45.2 Å². The van der Waals surface area contributed by atoms with Crippen molar-refractivity contribution >= 4 is 39.7 Å². The molecule has 0 fully saturated rings. The lowest BCUT2D eigenvalue weighted by molar-refractivity contribution is -0.119. The lowest BCUT2D eigenvalue weighted by Gasteiger charge is -2.13. The van der Waals surface area contributed by atoms with Crippen LogP contribution in [0.15, 0.2) is 46.2 Å². The summed E-state index contributed by atoms with van der Waals surface area (Å²) in [6.07, 6.45) is 3.29. The summed E-state index contributed by atoms with van der Waals surface area (Å²) in [5, 5.41) is 8.84. The summed E-state index contributed by atoms with van der Waals surface area (Å²) in [7, 11) is 1.89. The molecule has 0 radical (unpaired) electrons. The minimum atomic E-state index is -0.108. The fourth-order valence-corrected chi connectivity index (χ4v) is 3.78. The maximum absolute atomic E-state index is 12.4. The number of carbonyl (C=O) groups is 1. The molecule has 1 unspecified atom stereocenters. The van der Waals surface area contributed by atoms with Gasteiger partial charge in [-0.2, -0.15) is 5.10 Å². The van der Waals surface area contributed by atoms with Gasteiger partial charge in [-0.1, -0.05) is 23.9 Å². The highest BCUT2D eigenvalue weighted by atomic mass is 32.2. The standard InChI is InChI=1S/C19H19N5O2S/c1-11(14-8-22-24(3)12(14)2)23-16(25)9-27-19-18-17(20-10-21-19)13-6-4-5-7-15(13)26-18/h4-8,10-11H,9H2,1-3H3,(H,23,25). The molecule has 0 saturated heterocycles. The Morgan fingerprint density at radius 2 is 2.15 bits per heavy atom. The van der Waals surface area contributed by atoms with Gasteiger partial charge in [0.2, 0.25) is 5.91 Å². The van der Waals surface area contributed by atoms with E-state index in [-0.39, 0.29) is 17.7 Å². The van der Waals surface area contributed by atoms with E-state index in [9.17, 15) is 4.79 Å². The zero-order valence-electron chi connectivity index (χ0n) is 15.3. The van der Waals surface area contributed by atoms with E-state index in [0.29, 0.717) is 10.6 Å². The predicted octanol–water partition coefficient (Wildman–Crippen LogP) is 3.39. The second-order valence-electron chi connectivity index (χ2n) is 6.34. The second kappa shape index (κ2) is 7.03. The maximum Gasteiger partial charge on any atom is 0.230 e. The second-order valence-corrected chi connectivity index (χ2v) is 7.31. The molecule has 1 amide bonds. The van der Waals surface area contributed by atoms with Gasteiger partial charge in [-0.3, -0.25) is 9.48 Å². The molecule has 0 spiro atoms. The highest BCUT2D eigenvalue weighted by Crippen LogP contribution is 2.32. The topological polar surface area (TPSA) is 85.8 Å². The number of benzene rings is 1. The number of hydrogen-bond acceptors (Lipinski definition) is 6. The first-order valence-corrected chi connectivity index (χ1v) is 9.56. The Morgan fingerprint density at radius 3 is 2.93 bits per heavy atom. The fraction of sp³-hybridized carbons (Fsp3) is 0.263. The molecule has 1 atom stereocenters. The van der Waals surface area contributed by atoms with Crippen molar-refractivity contribution < 1.29 is 9.21 Å². The monoisotopic (exact) mass is 381 g/mol. The van der Waals surface area contributed by atoms with E-state index in [1.165, 1.54) is 18.1 Å². The third-order valence-electron chi connectivity index (χ3n) is 4.58. The summed E-state index contributed by atoms with van der Waals surface area (Å²) in [4.78, 5) is 21.0. The van der Waals surface area contributed by atoms with Crippen molar-refractivity contribution in [2.24, 2.45) is 7.05 Å². The Bertz CT molecular complexity index is 1130. The summed E-state index contributed by atoms with van der Waals surface area (Å²) < 4.78 is 7.69. The minimum absolute atomic E-state index is 0.0707. The molecule has 0 saturated carbocycles. The number of nitrogens with one attached hydrogen (secondary N) is 1. The third kappa shape index (κ3) is 3.28. The third-order valence-corrected chi connectivity index (χ3v) is 5.55. The van der Waals surface area contributed by atoms with Crippen LogP contribution in [0.4, 0.5) is 0 Å².